The van der Waals surface area contributed by atoms with Crippen molar-refractivity contribution in [1.29, 1.82) is 0 Å². The van der Waals surface area contributed by atoms with Crippen LogP contribution in [0.25, 0.3) is 0 Å². The van der Waals surface area contributed by atoms with Crippen LogP contribution in [0.2, 0.25) is 0 Å². The lowest BCUT2D eigenvalue weighted by Crippen LogP contribution is -2.40. The Morgan fingerprint density at radius 2 is 2.05 bits per heavy atom. The average molecular weight is 266 g/mol. The first-order valence-corrected chi connectivity index (χ1v) is 6.51. The minimum absolute atomic E-state index is 0.199. The summed E-state index contributed by atoms with van der Waals surface area (Å²) in [6.07, 6.45) is 1.20. The summed E-state index contributed by atoms with van der Waals surface area (Å²) < 4.78 is 13.2. The molecule has 0 radical (unpaired) electrons. The Balaban J connectivity index is 2.05. The molecule has 0 spiro atoms. The second-order valence-electron chi connectivity index (χ2n) is 5.14. The van der Waals surface area contributed by atoms with Gasteiger partial charge in [0.2, 0.25) is 0 Å². The highest BCUT2D eigenvalue weighted by Crippen LogP contribution is 2.22. The van der Waals surface area contributed by atoms with E-state index in [2.05, 4.69) is 0 Å². The van der Waals surface area contributed by atoms with E-state index in [0.717, 1.165) is 12.8 Å². The highest BCUT2D eigenvalue weighted by Gasteiger charge is 2.26. The number of carbonyl (C=O) groups is 1. The van der Waals surface area contributed by atoms with Gasteiger partial charge in [0, 0.05) is 24.3 Å². The van der Waals surface area contributed by atoms with Gasteiger partial charge in [0.05, 0.1) is 6.10 Å². The number of aliphatic hydroxyl groups excluding tert-OH is 1. The van der Waals surface area contributed by atoms with Gasteiger partial charge in [-0.25, -0.2) is 4.39 Å². The second-order valence-corrected chi connectivity index (χ2v) is 5.14. The molecule has 1 saturated heterocycles. The van der Waals surface area contributed by atoms with Gasteiger partial charge in [-0.1, -0.05) is 0 Å². The number of likely N-dealkylation sites (tertiary alicyclic amines) is 1. The Morgan fingerprint density at radius 1 is 1.42 bits per heavy atom. The Kier molecular flexibility index (Phi) is 4.04. The number of rotatable bonds is 2. The zero-order valence-electron chi connectivity index (χ0n) is 11.0. The first-order valence-electron chi connectivity index (χ1n) is 6.51. The highest BCUT2D eigenvalue weighted by molar-refractivity contribution is 5.95. The van der Waals surface area contributed by atoms with Crippen LogP contribution in [0.3, 0.4) is 0 Å². The minimum atomic E-state index is -0.498. The third kappa shape index (κ3) is 3.23. The molecule has 1 unspecified atom stereocenters. The Labute approximate surface area is 112 Å². The van der Waals surface area contributed by atoms with Crippen LogP contribution >= 0.6 is 0 Å². The van der Waals surface area contributed by atoms with E-state index in [-0.39, 0.29) is 29.2 Å². The van der Waals surface area contributed by atoms with Crippen LogP contribution < -0.4 is 5.73 Å². The first kappa shape index (κ1) is 13.8. The summed E-state index contributed by atoms with van der Waals surface area (Å²) in [6, 6.07) is 3.89. The molecule has 0 saturated carbocycles. The van der Waals surface area contributed by atoms with Gasteiger partial charge >= 0.3 is 0 Å². The molecule has 1 aliphatic rings. The number of anilines is 1. The number of nitrogens with zero attached hydrogens (tertiary/aromatic N) is 1. The van der Waals surface area contributed by atoms with Crippen LogP contribution in [-0.4, -0.2) is 35.1 Å². The summed E-state index contributed by atoms with van der Waals surface area (Å²) in [4.78, 5) is 13.9. The zero-order valence-corrected chi connectivity index (χ0v) is 11.0. The van der Waals surface area contributed by atoms with E-state index in [0.29, 0.717) is 13.1 Å². The van der Waals surface area contributed by atoms with Crippen molar-refractivity contribution in [3.8, 4) is 0 Å². The van der Waals surface area contributed by atoms with E-state index in [1.54, 1.807) is 11.8 Å². The predicted octanol–water partition coefficient (Wildman–Crippen LogP) is 1.64. The molecule has 1 fully saturated rings. The third-order valence-corrected chi connectivity index (χ3v) is 3.68. The number of hydrogen-bond acceptors (Lipinski definition) is 3. The lowest BCUT2D eigenvalue weighted by Gasteiger charge is -2.33. The highest BCUT2D eigenvalue weighted by atomic mass is 19.1. The fourth-order valence-corrected chi connectivity index (χ4v) is 2.50. The van der Waals surface area contributed by atoms with Gasteiger partial charge in [-0.3, -0.25) is 4.79 Å². The molecule has 5 heteroatoms. The molecule has 1 heterocycles. The van der Waals surface area contributed by atoms with E-state index in [1.807, 2.05) is 0 Å². The Bertz CT molecular complexity index is 448. The molecule has 1 atom stereocenters. The SMILES string of the molecule is CC(O)C1CCN(C(=O)c2cc(N)cc(F)c2)CC1. The second kappa shape index (κ2) is 5.57. The van der Waals surface area contributed by atoms with Gasteiger partial charge in [0.15, 0.2) is 0 Å². The summed E-state index contributed by atoms with van der Waals surface area (Å²) in [5, 5.41) is 9.52. The third-order valence-electron chi connectivity index (χ3n) is 3.68. The van der Waals surface area contributed by atoms with Crippen LogP contribution in [0.4, 0.5) is 10.1 Å². The maximum Gasteiger partial charge on any atom is 0.254 e. The number of piperidine rings is 1. The molecule has 104 valence electrons. The summed E-state index contributed by atoms with van der Waals surface area (Å²) in [5.74, 6) is -0.459. The summed E-state index contributed by atoms with van der Waals surface area (Å²) in [6.45, 7) is 2.95. The number of nitrogen functional groups attached to an aromatic ring is 1. The summed E-state index contributed by atoms with van der Waals surface area (Å²) in [5.41, 5.74) is 6.08. The normalized spacial score (nSPS) is 18.4. The van der Waals surface area contributed by atoms with Gasteiger partial charge < -0.3 is 15.7 Å². The van der Waals surface area contributed by atoms with Crippen LogP contribution in [-0.2, 0) is 0 Å². The molecule has 0 aliphatic carbocycles. The van der Waals surface area contributed by atoms with Crippen molar-refractivity contribution in [3.05, 3.63) is 29.6 Å². The minimum Gasteiger partial charge on any atom is -0.399 e. The van der Waals surface area contributed by atoms with Crippen molar-refractivity contribution in [1.82, 2.24) is 4.90 Å². The van der Waals surface area contributed by atoms with Crippen molar-refractivity contribution in [2.45, 2.75) is 25.9 Å². The number of amides is 1. The summed E-state index contributed by atoms with van der Waals surface area (Å²) in [7, 11) is 0. The molecule has 19 heavy (non-hydrogen) atoms. The van der Waals surface area contributed by atoms with E-state index >= 15 is 0 Å². The van der Waals surface area contributed by atoms with Gasteiger partial charge in [-0.05, 0) is 43.9 Å². The van der Waals surface area contributed by atoms with E-state index in [1.165, 1.54) is 18.2 Å². The van der Waals surface area contributed by atoms with Crippen LogP contribution in [0.15, 0.2) is 18.2 Å². The first-order chi connectivity index (χ1) is 8.97. The molecule has 4 nitrogen and oxygen atoms in total. The number of carbonyl (C=O) groups excluding carboxylic acids is 1. The van der Waals surface area contributed by atoms with E-state index in [4.69, 9.17) is 5.73 Å². The number of nitrogens with two attached hydrogens (primary N) is 1. The van der Waals surface area contributed by atoms with Crippen LogP contribution in [0.1, 0.15) is 30.1 Å². The van der Waals surface area contributed by atoms with Crippen LogP contribution in [0.5, 0.6) is 0 Å². The average Bonchev–Trinajstić information content (AvgIpc) is 2.37. The van der Waals surface area contributed by atoms with Crippen molar-refractivity contribution < 1.29 is 14.3 Å². The molecule has 1 amide bonds. The zero-order chi connectivity index (χ0) is 14.0. The molecule has 1 aromatic carbocycles. The number of halogens is 1. The number of benzene rings is 1. The fourth-order valence-electron chi connectivity index (χ4n) is 2.50. The van der Waals surface area contributed by atoms with Gasteiger partial charge in [0.25, 0.3) is 5.91 Å². The monoisotopic (exact) mass is 266 g/mol. The number of hydrogen-bond donors (Lipinski definition) is 2. The molecule has 2 rings (SSSR count). The molecule has 1 aromatic rings. The van der Waals surface area contributed by atoms with E-state index in [9.17, 15) is 14.3 Å². The largest absolute Gasteiger partial charge is 0.399 e. The molecule has 0 aromatic heterocycles. The number of aliphatic hydroxyl groups is 1. The van der Waals surface area contributed by atoms with E-state index < -0.39 is 5.82 Å². The van der Waals surface area contributed by atoms with Gasteiger partial charge in [0.1, 0.15) is 5.82 Å². The predicted molar refractivity (Wildman–Crippen MR) is 71.1 cm³/mol. The molecule has 3 N–H and O–H groups in total. The van der Waals surface area contributed by atoms with Crippen LogP contribution in [0, 0.1) is 11.7 Å². The smallest absolute Gasteiger partial charge is 0.254 e. The van der Waals surface area contributed by atoms with Crippen molar-refractivity contribution in [2.75, 3.05) is 18.8 Å². The Hall–Kier alpha value is -1.62. The lowest BCUT2D eigenvalue weighted by molar-refractivity contribution is 0.0521. The van der Waals surface area contributed by atoms with Crippen molar-refractivity contribution in [2.24, 2.45) is 5.92 Å². The van der Waals surface area contributed by atoms with Crippen molar-refractivity contribution >= 4 is 11.6 Å². The molecule has 1 aliphatic heterocycles. The van der Waals surface area contributed by atoms with Gasteiger partial charge in [-0.15, -0.1) is 0 Å². The molecular weight excluding hydrogens is 247 g/mol. The maximum atomic E-state index is 13.2. The Morgan fingerprint density at radius 3 is 2.58 bits per heavy atom. The standard InChI is InChI=1S/C14H19FN2O2/c1-9(18)10-2-4-17(5-3-10)14(19)11-6-12(15)8-13(16)7-11/h6-10,18H,2-5,16H2,1H3. The quantitative estimate of drug-likeness (QED) is 0.800. The maximum absolute atomic E-state index is 13.2. The van der Waals surface area contributed by atoms with Gasteiger partial charge in [-0.2, -0.15) is 0 Å². The topological polar surface area (TPSA) is 66.6 Å². The molecule has 0 bridgehead atoms. The summed E-state index contributed by atoms with van der Waals surface area (Å²) >= 11 is 0. The fraction of sp³-hybridized carbons (Fsp3) is 0.500. The lowest BCUT2D eigenvalue weighted by atomic mass is 9.92. The molecular formula is C14H19FN2O2. The van der Waals surface area contributed by atoms with Crippen molar-refractivity contribution in [3.63, 3.8) is 0 Å².